The van der Waals surface area contributed by atoms with Crippen molar-refractivity contribution in [3.63, 3.8) is 0 Å². The molecule has 1 aromatic heterocycles. The van der Waals surface area contributed by atoms with E-state index in [0.29, 0.717) is 6.54 Å². The predicted octanol–water partition coefficient (Wildman–Crippen LogP) is 2.91. The van der Waals surface area contributed by atoms with Gasteiger partial charge in [-0.15, -0.1) is 23.7 Å². The van der Waals surface area contributed by atoms with E-state index in [1.807, 2.05) is 0 Å². The average Bonchev–Trinajstić information content (AvgIpc) is 2.96. The summed E-state index contributed by atoms with van der Waals surface area (Å²) in [6.07, 6.45) is 5.24. The standard InChI is InChI=1S/C14H22N2OS.ClH/c1-3-14(4-2,9-15)16-13(17)12-8-10-6-5-7-11(10)18-12;/h8H,3-7,9,15H2,1-2H3,(H,16,17);1H. The summed E-state index contributed by atoms with van der Waals surface area (Å²) in [5.74, 6) is 0.0450. The molecule has 19 heavy (non-hydrogen) atoms. The van der Waals surface area contributed by atoms with E-state index in [9.17, 15) is 4.79 Å². The molecule has 1 aromatic rings. The zero-order chi connectivity index (χ0) is 13.2. The topological polar surface area (TPSA) is 55.1 Å². The minimum atomic E-state index is -0.245. The SMILES string of the molecule is CCC(CC)(CN)NC(=O)c1cc2c(s1)CCC2.Cl. The van der Waals surface area contributed by atoms with E-state index in [2.05, 4.69) is 25.2 Å². The van der Waals surface area contributed by atoms with Gasteiger partial charge in [0.25, 0.3) is 5.91 Å². The smallest absolute Gasteiger partial charge is 0.261 e. The van der Waals surface area contributed by atoms with Gasteiger partial charge in [-0.1, -0.05) is 13.8 Å². The summed E-state index contributed by atoms with van der Waals surface area (Å²) in [7, 11) is 0. The largest absolute Gasteiger partial charge is 0.345 e. The van der Waals surface area contributed by atoms with E-state index in [-0.39, 0.29) is 23.9 Å². The molecule has 5 heteroatoms. The van der Waals surface area contributed by atoms with Crippen LogP contribution in [-0.4, -0.2) is 18.0 Å². The molecule has 0 unspecified atom stereocenters. The van der Waals surface area contributed by atoms with E-state index in [1.54, 1.807) is 11.3 Å². The maximum atomic E-state index is 12.3. The summed E-state index contributed by atoms with van der Waals surface area (Å²) in [6, 6.07) is 2.06. The van der Waals surface area contributed by atoms with Crippen LogP contribution in [0.25, 0.3) is 0 Å². The highest BCUT2D eigenvalue weighted by Crippen LogP contribution is 2.31. The fourth-order valence-corrected chi connectivity index (χ4v) is 3.66. The van der Waals surface area contributed by atoms with Crippen LogP contribution in [0.3, 0.4) is 0 Å². The molecule has 108 valence electrons. The van der Waals surface area contributed by atoms with Crippen LogP contribution >= 0.6 is 23.7 Å². The van der Waals surface area contributed by atoms with Crippen molar-refractivity contribution in [3.8, 4) is 0 Å². The van der Waals surface area contributed by atoms with Gasteiger partial charge >= 0.3 is 0 Å². The van der Waals surface area contributed by atoms with Gasteiger partial charge < -0.3 is 11.1 Å². The van der Waals surface area contributed by atoms with Gasteiger partial charge in [-0.05, 0) is 43.7 Å². The summed E-state index contributed by atoms with van der Waals surface area (Å²) in [4.78, 5) is 14.5. The molecule has 0 saturated carbocycles. The first kappa shape index (κ1) is 16.5. The molecule has 0 spiro atoms. The highest BCUT2D eigenvalue weighted by molar-refractivity contribution is 7.14. The molecule has 0 fully saturated rings. The van der Waals surface area contributed by atoms with Crippen LogP contribution in [0.15, 0.2) is 6.07 Å². The lowest BCUT2D eigenvalue weighted by atomic mass is 9.93. The Morgan fingerprint density at radius 2 is 2.11 bits per heavy atom. The predicted molar refractivity (Wildman–Crippen MR) is 83.4 cm³/mol. The van der Waals surface area contributed by atoms with Gasteiger partial charge in [0.15, 0.2) is 0 Å². The Labute approximate surface area is 125 Å². The lowest BCUT2D eigenvalue weighted by molar-refractivity contribution is 0.0899. The monoisotopic (exact) mass is 302 g/mol. The highest BCUT2D eigenvalue weighted by Gasteiger charge is 2.28. The van der Waals surface area contributed by atoms with Crippen LogP contribution in [0, 0.1) is 0 Å². The molecule has 1 aliphatic carbocycles. The molecule has 0 aliphatic heterocycles. The maximum absolute atomic E-state index is 12.3. The van der Waals surface area contributed by atoms with Gasteiger partial charge in [-0.2, -0.15) is 0 Å². The van der Waals surface area contributed by atoms with Crippen molar-refractivity contribution >= 4 is 29.7 Å². The molecule has 0 bridgehead atoms. The number of nitrogens with one attached hydrogen (secondary N) is 1. The normalized spacial score (nSPS) is 13.8. The Morgan fingerprint density at radius 1 is 1.42 bits per heavy atom. The molecule has 0 atom stereocenters. The average molecular weight is 303 g/mol. The minimum absolute atomic E-state index is 0. The first-order chi connectivity index (χ1) is 8.64. The number of rotatable bonds is 5. The quantitative estimate of drug-likeness (QED) is 0.878. The van der Waals surface area contributed by atoms with Crippen LogP contribution < -0.4 is 11.1 Å². The minimum Gasteiger partial charge on any atom is -0.345 e. The third-order valence-electron chi connectivity index (χ3n) is 4.09. The summed E-state index contributed by atoms with van der Waals surface area (Å²) in [5, 5.41) is 3.13. The number of amides is 1. The Hall–Kier alpha value is -0.580. The molecular formula is C14H23ClN2OS. The van der Waals surface area contributed by atoms with Crippen molar-refractivity contribution < 1.29 is 4.79 Å². The first-order valence-electron chi connectivity index (χ1n) is 6.78. The second-order valence-electron chi connectivity index (χ2n) is 5.06. The van der Waals surface area contributed by atoms with Crippen LogP contribution in [0.4, 0.5) is 0 Å². The lowest BCUT2D eigenvalue weighted by Crippen LogP contribution is -2.52. The summed E-state index contributed by atoms with van der Waals surface area (Å²) >= 11 is 1.65. The molecule has 1 aliphatic rings. The second kappa shape index (κ2) is 6.73. The van der Waals surface area contributed by atoms with Crippen molar-refractivity contribution in [2.75, 3.05) is 6.54 Å². The number of aryl methyl sites for hydroxylation is 2. The van der Waals surface area contributed by atoms with Crippen molar-refractivity contribution in [2.45, 2.75) is 51.5 Å². The van der Waals surface area contributed by atoms with Crippen LogP contribution in [0.5, 0.6) is 0 Å². The Kier molecular flexibility index (Phi) is 5.83. The zero-order valence-corrected chi connectivity index (χ0v) is 13.3. The molecule has 0 aromatic carbocycles. The maximum Gasteiger partial charge on any atom is 0.261 e. The molecule has 1 amide bonds. The van der Waals surface area contributed by atoms with Gasteiger partial charge in [0.1, 0.15) is 0 Å². The number of halogens is 1. The zero-order valence-electron chi connectivity index (χ0n) is 11.6. The number of carbonyl (C=O) groups is 1. The Balaban J connectivity index is 0.00000180. The number of hydrogen-bond donors (Lipinski definition) is 2. The Bertz CT molecular complexity index is 411. The van der Waals surface area contributed by atoms with Crippen LogP contribution in [0.2, 0.25) is 0 Å². The highest BCUT2D eigenvalue weighted by atomic mass is 35.5. The summed E-state index contributed by atoms with van der Waals surface area (Å²) in [5.41, 5.74) is 6.94. The third kappa shape index (κ3) is 3.30. The summed E-state index contributed by atoms with van der Waals surface area (Å²) in [6.45, 7) is 4.65. The van der Waals surface area contributed by atoms with E-state index >= 15 is 0 Å². The number of hydrogen-bond acceptors (Lipinski definition) is 3. The molecule has 3 nitrogen and oxygen atoms in total. The van der Waals surface area contributed by atoms with Crippen molar-refractivity contribution in [3.05, 3.63) is 21.4 Å². The molecule has 3 N–H and O–H groups in total. The van der Waals surface area contributed by atoms with Gasteiger partial charge in [-0.3, -0.25) is 4.79 Å². The van der Waals surface area contributed by atoms with Gasteiger partial charge in [0.05, 0.1) is 10.4 Å². The fourth-order valence-electron chi connectivity index (χ4n) is 2.51. The van der Waals surface area contributed by atoms with Crippen molar-refractivity contribution in [1.29, 1.82) is 0 Å². The second-order valence-corrected chi connectivity index (χ2v) is 6.20. The number of carbonyl (C=O) groups excluding carboxylic acids is 1. The van der Waals surface area contributed by atoms with E-state index in [0.717, 1.165) is 30.6 Å². The fraction of sp³-hybridized carbons (Fsp3) is 0.643. The van der Waals surface area contributed by atoms with Gasteiger partial charge in [-0.25, -0.2) is 0 Å². The number of nitrogens with two attached hydrogens (primary N) is 1. The van der Waals surface area contributed by atoms with Crippen LogP contribution in [-0.2, 0) is 12.8 Å². The number of fused-ring (bicyclic) bond motifs is 1. The molecular weight excluding hydrogens is 280 g/mol. The van der Waals surface area contributed by atoms with Gasteiger partial charge in [0, 0.05) is 11.4 Å². The first-order valence-corrected chi connectivity index (χ1v) is 7.60. The Morgan fingerprint density at radius 3 is 2.63 bits per heavy atom. The van der Waals surface area contributed by atoms with Gasteiger partial charge in [0.2, 0.25) is 0 Å². The van der Waals surface area contributed by atoms with E-state index in [4.69, 9.17) is 5.73 Å². The molecule has 1 heterocycles. The lowest BCUT2D eigenvalue weighted by Gasteiger charge is -2.31. The van der Waals surface area contributed by atoms with E-state index < -0.39 is 0 Å². The molecule has 0 saturated heterocycles. The van der Waals surface area contributed by atoms with E-state index in [1.165, 1.54) is 16.9 Å². The van der Waals surface area contributed by atoms with Crippen LogP contribution in [0.1, 0.15) is 53.2 Å². The number of thiophene rings is 1. The van der Waals surface area contributed by atoms with Crippen molar-refractivity contribution in [2.24, 2.45) is 5.73 Å². The molecule has 2 rings (SSSR count). The summed E-state index contributed by atoms with van der Waals surface area (Å²) < 4.78 is 0. The third-order valence-corrected chi connectivity index (χ3v) is 5.33. The molecule has 0 radical (unpaired) electrons. The van der Waals surface area contributed by atoms with Crippen molar-refractivity contribution in [1.82, 2.24) is 5.32 Å².